The Morgan fingerprint density at radius 2 is 2.30 bits per heavy atom. The van der Waals surface area contributed by atoms with Crippen LogP contribution in [0.2, 0.25) is 0 Å². The van der Waals surface area contributed by atoms with E-state index in [0.717, 1.165) is 23.9 Å². The summed E-state index contributed by atoms with van der Waals surface area (Å²) in [5, 5.41) is 5.46. The molecule has 0 saturated carbocycles. The van der Waals surface area contributed by atoms with Crippen LogP contribution in [0.5, 0.6) is 0 Å². The SMILES string of the molecule is C#CCNC(=O)CN1CCC[C@@H](C(=O)Nc2ccc(Br)cn2)C1. The number of aromatic nitrogens is 1. The van der Waals surface area contributed by atoms with Crippen molar-refractivity contribution in [3.05, 3.63) is 22.8 Å². The van der Waals surface area contributed by atoms with E-state index in [-0.39, 0.29) is 30.8 Å². The molecule has 1 aromatic rings. The first kappa shape index (κ1) is 17.4. The number of amides is 2. The Hall–Kier alpha value is -1.91. The van der Waals surface area contributed by atoms with Crippen molar-refractivity contribution in [2.75, 3.05) is 31.5 Å². The molecule has 23 heavy (non-hydrogen) atoms. The second-order valence-electron chi connectivity index (χ2n) is 5.41. The van der Waals surface area contributed by atoms with Gasteiger partial charge in [-0.05, 0) is 47.4 Å². The third kappa shape index (κ3) is 5.66. The zero-order valence-corrected chi connectivity index (χ0v) is 14.3. The lowest BCUT2D eigenvalue weighted by atomic mass is 9.97. The number of halogens is 1. The topological polar surface area (TPSA) is 74.3 Å². The molecule has 0 bridgehead atoms. The van der Waals surface area contributed by atoms with Crippen molar-refractivity contribution in [2.45, 2.75) is 12.8 Å². The summed E-state index contributed by atoms with van der Waals surface area (Å²) < 4.78 is 0.859. The molecule has 0 aliphatic carbocycles. The highest BCUT2D eigenvalue weighted by Crippen LogP contribution is 2.18. The van der Waals surface area contributed by atoms with E-state index >= 15 is 0 Å². The Kier molecular flexibility index (Phi) is 6.56. The van der Waals surface area contributed by atoms with Gasteiger partial charge in [-0.2, -0.15) is 0 Å². The van der Waals surface area contributed by atoms with Gasteiger partial charge in [-0.15, -0.1) is 6.42 Å². The van der Waals surface area contributed by atoms with Gasteiger partial charge in [0.05, 0.1) is 19.0 Å². The zero-order chi connectivity index (χ0) is 16.7. The zero-order valence-electron chi connectivity index (χ0n) is 12.7. The minimum absolute atomic E-state index is 0.0615. The minimum atomic E-state index is -0.144. The lowest BCUT2D eigenvalue weighted by molar-refractivity contribution is -0.125. The Balaban J connectivity index is 1.85. The molecule has 2 heterocycles. The second kappa shape index (κ2) is 8.65. The number of pyridine rings is 1. The molecule has 2 rings (SSSR count). The summed E-state index contributed by atoms with van der Waals surface area (Å²) in [6.45, 7) is 1.86. The van der Waals surface area contributed by atoms with Crippen LogP contribution in [-0.2, 0) is 9.59 Å². The first-order valence-electron chi connectivity index (χ1n) is 7.43. The van der Waals surface area contributed by atoms with Crippen LogP contribution >= 0.6 is 15.9 Å². The maximum absolute atomic E-state index is 12.3. The summed E-state index contributed by atoms with van der Waals surface area (Å²) in [5.41, 5.74) is 0. The summed E-state index contributed by atoms with van der Waals surface area (Å²) in [5.74, 6) is 2.58. The normalized spacial score (nSPS) is 18.0. The number of nitrogens with one attached hydrogen (secondary N) is 2. The van der Waals surface area contributed by atoms with Gasteiger partial charge in [-0.3, -0.25) is 14.5 Å². The van der Waals surface area contributed by atoms with Crippen molar-refractivity contribution < 1.29 is 9.59 Å². The number of anilines is 1. The van der Waals surface area contributed by atoms with Crippen molar-refractivity contribution in [1.29, 1.82) is 0 Å². The van der Waals surface area contributed by atoms with E-state index in [1.165, 1.54) is 0 Å². The highest BCUT2D eigenvalue weighted by molar-refractivity contribution is 9.10. The van der Waals surface area contributed by atoms with Crippen LogP contribution in [-0.4, -0.2) is 47.9 Å². The first-order valence-corrected chi connectivity index (χ1v) is 8.22. The quantitative estimate of drug-likeness (QED) is 0.756. The predicted molar refractivity (Wildman–Crippen MR) is 91.6 cm³/mol. The number of hydrogen-bond donors (Lipinski definition) is 2. The van der Waals surface area contributed by atoms with Crippen LogP contribution in [0, 0.1) is 18.3 Å². The molecule has 7 heteroatoms. The Morgan fingerprint density at radius 3 is 3.00 bits per heavy atom. The highest BCUT2D eigenvalue weighted by Gasteiger charge is 2.26. The number of piperidine rings is 1. The summed E-state index contributed by atoms with van der Waals surface area (Å²) in [6.07, 6.45) is 8.45. The molecular weight excluding hydrogens is 360 g/mol. The third-order valence-corrected chi connectivity index (χ3v) is 4.08. The van der Waals surface area contributed by atoms with E-state index in [0.29, 0.717) is 12.4 Å². The van der Waals surface area contributed by atoms with E-state index in [9.17, 15) is 9.59 Å². The largest absolute Gasteiger partial charge is 0.344 e. The second-order valence-corrected chi connectivity index (χ2v) is 6.32. The Labute approximate surface area is 144 Å². The van der Waals surface area contributed by atoms with Crippen LogP contribution in [0.25, 0.3) is 0 Å². The molecule has 1 saturated heterocycles. The molecule has 1 aromatic heterocycles. The standard InChI is InChI=1S/C16H19BrN4O2/c1-2-7-18-15(22)11-21-8-3-4-12(10-21)16(23)20-14-6-5-13(17)9-19-14/h1,5-6,9,12H,3-4,7-8,10-11H2,(H,18,22)(H,19,20,23)/t12-/m1/s1. The number of rotatable bonds is 5. The Bertz CT molecular complexity index is 597. The Morgan fingerprint density at radius 1 is 1.48 bits per heavy atom. The summed E-state index contributed by atoms with van der Waals surface area (Å²) in [6, 6.07) is 3.57. The van der Waals surface area contributed by atoms with Crippen molar-refractivity contribution in [2.24, 2.45) is 5.92 Å². The molecule has 1 fully saturated rings. The van der Waals surface area contributed by atoms with Gasteiger partial charge in [0.25, 0.3) is 0 Å². The molecule has 0 radical (unpaired) electrons. The molecule has 1 aliphatic heterocycles. The molecule has 6 nitrogen and oxygen atoms in total. The van der Waals surface area contributed by atoms with Gasteiger partial charge in [0, 0.05) is 17.2 Å². The average Bonchev–Trinajstić information content (AvgIpc) is 2.55. The highest BCUT2D eigenvalue weighted by atomic mass is 79.9. The molecule has 0 aromatic carbocycles. The van der Waals surface area contributed by atoms with Gasteiger partial charge in [0.1, 0.15) is 5.82 Å². The molecule has 2 amide bonds. The number of carbonyl (C=O) groups excluding carboxylic acids is 2. The molecule has 0 unspecified atom stereocenters. The fraction of sp³-hybridized carbons (Fsp3) is 0.438. The van der Waals surface area contributed by atoms with Crippen LogP contribution in [0.1, 0.15) is 12.8 Å². The van der Waals surface area contributed by atoms with Crippen molar-refractivity contribution in [3.8, 4) is 12.3 Å². The number of nitrogens with zero attached hydrogens (tertiary/aromatic N) is 2. The fourth-order valence-corrected chi connectivity index (χ4v) is 2.73. The molecule has 1 aliphatic rings. The van der Waals surface area contributed by atoms with Gasteiger partial charge >= 0.3 is 0 Å². The van der Waals surface area contributed by atoms with Gasteiger partial charge in [0.15, 0.2) is 0 Å². The van der Waals surface area contributed by atoms with Crippen LogP contribution < -0.4 is 10.6 Å². The van der Waals surface area contributed by atoms with E-state index < -0.39 is 0 Å². The molecule has 0 spiro atoms. The van der Waals surface area contributed by atoms with E-state index in [1.807, 2.05) is 11.0 Å². The predicted octanol–water partition coefficient (Wildman–Crippen LogP) is 1.24. The average molecular weight is 379 g/mol. The fourth-order valence-electron chi connectivity index (χ4n) is 2.50. The smallest absolute Gasteiger partial charge is 0.234 e. The molecule has 1 atom stereocenters. The van der Waals surface area contributed by atoms with E-state index in [4.69, 9.17) is 6.42 Å². The number of carbonyl (C=O) groups is 2. The number of likely N-dealkylation sites (tertiary alicyclic amines) is 1. The summed E-state index contributed by atoms with van der Waals surface area (Å²) in [7, 11) is 0. The van der Waals surface area contributed by atoms with Gasteiger partial charge < -0.3 is 10.6 Å². The van der Waals surface area contributed by atoms with Crippen molar-refractivity contribution in [1.82, 2.24) is 15.2 Å². The third-order valence-electron chi connectivity index (χ3n) is 3.61. The van der Waals surface area contributed by atoms with Crippen LogP contribution in [0.4, 0.5) is 5.82 Å². The van der Waals surface area contributed by atoms with E-state index in [2.05, 4.69) is 37.5 Å². The molecule has 122 valence electrons. The minimum Gasteiger partial charge on any atom is -0.344 e. The first-order chi connectivity index (χ1) is 11.1. The van der Waals surface area contributed by atoms with Crippen molar-refractivity contribution in [3.63, 3.8) is 0 Å². The van der Waals surface area contributed by atoms with Crippen LogP contribution in [0.3, 0.4) is 0 Å². The number of terminal acetylenes is 1. The molecule has 2 N–H and O–H groups in total. The maximum atomic E-state index is 12.3. The maximum Gasteiger partial charge on any atom is 0.234 e. The van der Waals surface area contributed by atoms with Gasteiger partial charge in [-0.1, -0.05) is 5.92 Å². The van der Waals surface area contributed by atoms with Crippen LogP contribution in [0.15, 0.2) is 22.8 Å². The summed E-state index contributed by atoms with van der Waals surface area (Å²) >= 11 is 3.30. The van der Waals surface area contributed by atoms with Gasteiger partial charge in [0.2, 0.25) is 11.8 Å². The lowest BCUT2D eigenvalue weighted by Crippen LogP contribution is -2.45. The van der Waals surface area contributed by atoms with Gasteiger partial charge in [-0.25, -0.2) is 4.98 Å². The van der Waals surface area contributed by atoms with Crippen molar-refractivity contribution >= 4 is 33.6 Å². The van der Waals surface area contributed by atoms with E-state index in [1.54, 1.807) is 12.3 Å². The molecular formula is C16H19BrN4O2. The summed E-state index contributed by atoms with van der Waals surface area (Å²) in [4.78, 5) is 30.2. The monoisotopic (exact) mass is 378 g/mol. The number of hydrogen-bond acceptors (Lipinski definition) is 4. The lowest BCUT2D eigenvalue weighted by Gasteiger charge is -2.31.